The van der Waals surface area contributed by atoms with E-state index < -0.39 is 0 Å². The summed E-state index contributed by atoms with van der Waals surface area (Å²) in [4.78, 5) is 20.0. The molecule has 6 heteroatoms. The highest BCUT2D eigenvalue weighted by atomic mass is 35.5. The number of allylic oxidation sites excluding steroid dienone is 1. The first-order chi connectivity index (χ1) is 18.2. The van der Waals surface area contributed by atoms with E-state index in [2.05, 4.69) is 68.4 Å². The van der Waals surface area contributed by atoms with E-state index in [9.17, 15) is 4.79 Å². The van der Waals surface area contributed by atoms with Crippen LogP contribution in [-0.2, 0) is 19.4 Å². The summed E-state index contributed by atoms with van der Waals surface area (Å²) < 4.78 is 2.26. The highest BCUT2D eigenvalue weighted by Crippen LogP contribution is 2.45. The molecule has 0 unspecified atom stereocenters. The van der Waals surface area contributed by atoms with E-state index in [0.29, 0.717) is 16.5 Å². The lowest BCUT2D eigenvalue weighted by Gasteiger charge is -2.33. The highest BCUT2D eigenvalue weighted by molar-refractivity contribution is 7.16. The number of amides is 1. The topological polar surface area (TPSA) is 46.4 Å². The van der Waals surface area contributed by atoms with Gasteiger partial charge in [0.05, 0.1) is 5.56 Å². The van der Waals surface area contributed by atoms with Gasteiger partial charge in [-0.2, -0.15) is 0 Å². The van der Waals surface area contributed by atoms with E-state index in [4.69, 9.17) is 16.6 Å². The molecule has 2 heterocycles. The summed E-state index contributed by atoms with van der Waals surface area (Å²) >= 11 is 7.72. The molecular weight excluding hydrogens is 510 g/mol. The van der Waals surface area contributed by atoms with Crippen molar-refractivity contribution < 1.29 is 4.79 Å². The summed E-state index contributed by atoms with van der Waals surface area (Å²) in [7, 11) is 0. The van der Waals surface area contributed by atoms with Crippen LogP contribution in [0.5, 0.6) is 0 Å². The lowest BCUT2D eigenvalue weighted by molar-refractivity contribution is 0.102. The summed E-state index contributed by atoms with van der Waals surface area (Å²) in [5.41, 5.74) is 6.17. The van der Waals surface area contributed by atoms with Crippen molar-refractivity contribution >= 4 is 56.7 Å². The molecule has 1 aliphatic rings. The third-order valence-corrected chi connectivity index (χ3v) is 9.12. The Morgan fingerprint density at radius 1 is 1.21 bits per heavy atom. The fourth-order valence-electron chi connectivity index (χ4n) is 5.47. The Hall–Kier alpha value is -3.15. The summed E-state index contributed by atoms with van der Waals surface area (Å²) in [6, 6.07) is 15.6. The number of thiophene rings is 1. The largest absolute Gasteiger partial charge is 0.340 e. The number of benzene rings is 2. The molecule has 2 aromatic carbocycles. The number of hydrogen-bond acceptors (Lipinski definition) is 3. The van der Waals surface area contributed by atoms with E-state index in [1.165, 1.54) is 4.88 Å². The number of nitrogens with zero attached hydrogens (tertiary/aromatic N) is 2. The van der Waals surface area contributed by atoms with Crippen LogP contribution in [0.15, 0.2) is 66.2 Å². The standard InChI is InChI=1S/C32H34ClN3OS/c1-6-17-36-20(2)26(24-9-7-8-10-27(24)36)19-34-31-29(30(37)35-23-14-12-22(33)13-15-23)25-16-11-21(32(3,4)5)18-28(25)38-31/h6-10,12-15,19,21H,1,11,16-18H2,2-5H3,(H,35,37)/t21-/m0/s1. The number of hydrogen-bond donors (Lipinski definition) is 1. The predicted molar refractivity (Wildman–Crippen MR) is 163 cm³/mol. The summed E-state index contributed by atoms with van der Waals surface area (Å²) in [5, 5.41) is 5.65. The van der Waals surface area contributed by atoms with Gasteiger partial charge >= 0.3 is 0 Å². The Kier molecular flexibility index (Phi) is 7.34. The van der Waals surface area contributed by atoms with Crippen LogP contribution in [0.2, 0.25) is 5.02 Å². The second kappa shape index (κ2) is 10.5. The zero-order valence-electron chi connectivity index (χ0n) is 22.5. The fourth-order valence-corrected chi connectivity index (χ4v) is 6.87. The van der Waals surface area contributed by atoms with E-state index in [1.807, 2.05) is 24.4 Å². The molecule has 38 heavy (non-hydrogen) atoms. The van der Waals surface area contributed by atoms with Crippen molar-refractivity contribution in [2.45, 2.75) is 53.5 Å². The normalized spacial score (nSPS) is 15.7. The van der Waals surface area contributed by atoms with E-state index in [-0.39, 0.29) is 11.3 Å². The van der Waals surface area contributed by atoms with Crippen molar-refractivity contribution in [1.82, 2.24) is 4.57 Å². The SMILES string of the molecule is C=CCn1c(C)c(C=Nc2sc3c(c2C(=O)Nc2ccc(Cl)cc2)CC[C@H](C(C)(C)C)C3)c2ccccc21. The molecule has 1 amide bonds. The van der Waals surface area contributed by atoms with Gasteiger partial charge in [0, 0.05) is 50.5 Å². The van der Waals surface area contributed by atoms with Gasteiger partial charge in [-0.1, -0.05) is 56.6 Å². The molecule has 1 atom stereocenters. The predicted octanol–water partition coefficient (Wildman–Crippen LogP) is 9.00. The molecule has 0 aliphatic heterocycles. The van der Waals surface area contributed by atoms with Gasteiger partial charge in [0.2, 0.25) is 0 Å². The number of rotatable bonds is 6. The van der Waals surface area contributed by atoms with Gasteiger partial charge in [-0.25, -0.2) is 4.99 Å². The molecule has 2 aromatic heterocycles. The number of halogens is 1. The van der Waals surface area contributed by atoms with Crippen LogP contribution in [-0.4, -0.2) is 16.7 Å². The molecule has 0 radical (unpaired) electrons. The van der Waals surface area contributed by atoms with E-state index in [0.717, 1.165) is 64.2 Å². The lowest BCUT2D eigenvalue weighted by atomic mass is 9.72. The Balaban J connectivity index is 1.57. The monoisotopic (exact) mass is 543 g/mol. The second-order valence-corrected chi connectivity index (χ2v) is 12.6. The zero-order chi connectivity index (χ0) is 27.0. The molecule has 0 spiro atoms. The Morgan fingerprint density at radius 2 is 1.95 bits per heavy atom. The quantitative estimate of drug-likeness (QED) is 0.191. The van der Waals surface area contributed by atoms with Crippen LogP contribution in [0.4, 0.5) is 10.7 Å². The summed E-state index contributed by atoms with van der Waals surface area (Å²) in [6.07, 6.45) is 6.81. The van der Waals surface area contributed by atoms with Crippen molar-refractivity contribution in [2.24, 2.45) is 16.3 Å². The molecule has 0 saturated heterocycles. The summed E-state index contributed by atoms with van der Waals surface area (Å²) in [5.74, 6) is 0.466. The average Bonchev–Trinajstić information content (AvgIpc) is 3.38. The third-order valence-electron chi connectivity index (χ3n) is 7.70. The fraction of sp³-hybridized carbons (Fsp3) is 0.312. The molecule has 0 fully saturated rings. The number of carbonyl (C=O) groups is 1. The molecule has 1 N–H and O–H groups in total. The molecule has 196 valence electrons. The number of anilines is 1. The maximum absolute atomic E-state index is 13.7. The maximum Gasteiger partial charge on any atom is 0.259 e. The number of aliphatic imine (C=N–C) groups is 1. The highest BCUT2D eigenvalue weighted by Gasteiger charge is 2.33. The molecule has 4 nitrogen and oxygen atoms in total. The first-order valence-corrected chi connectivity index (χ1v) is 14.3. The lowest BCUT2D eigenvalue weighted by Crippen LogP contribution is -2.27. The molecule has 5 rings (SSSR count). The van der Waals surface area contributed by atoms with E-state index in [1.54, 1.807) is 23.5 Å². The van der Waals surface area contributed by atoms with Gasteiger partial charge in [-0.3, -0.25) is 4.79 Å². The minimum atomic E-state index is -0.114. The molecule has 1 aliphatic carbocycles. The Morgan fingerprint density at radius 3 is 2.66 bits per heavy atom. The number of nitrogens with one attached hydrogen (secondary N) is 1. The first kappa shape index (κ1) is 26.5. The summed E-state index contributed by atoms with van der Waals surface area (Å²) in [6.45, 7) is 13.7. The van der Waals surface area contributed by atoms with Crippen LogP contribution in [0.25, 0.3) is 10.9 Å². The Labute approximate surface area is 234 Å². The number of para-hydroxylation sites is 1. The van der Waals surface area contributed by atoms with Gasteiger partial charge < -0.3 is 9.88 Å². The Bertz CT molecular complexity index is 1540. The van der Waals surface area contributed by atoms with Gasteiger partial charge in [0.15, 0.2) is 0 Å². The number of aromatic nitrogens is 1. The zero-order valence-corrected chi connectivity index (χ0v) is 24.0. The van der Waals surface area contributed by atoms with Crippen molar-refractivity contribution in [3.05, 3.63) is 93.5 Å². The number of carbonyl (C=O) groups excluding carboxylic acids is 1. The van der Waals surface area contributed by atoms with Crippen LogP contribution in [0, 0.1) is 18.3 Å². The number of fused-ring (bicyclic) bond motifs is 2. The van der Waals surface area contributed by atoms with Gasteiger partial charge in [-0.15, -0.1) is 17.9 Å². The molecule has 4 aromatic rings. The van der Waals surface area contributed by atoms with Crippen molar-refractivity contribution in [3.8, 4) is 0 Å². The smallest absolute Gasteiger partial charge is 0.259 e. The second-order valence-electron chi connectivity index (χ2n) is 11.1. The minimum absolute atomic E-state index is 0.114. The maximum atomic E-state index is 13.7. The molecular formula is C32H34ClN3OS. The molecule has 0 saturated carbocycles. The van der Waals surface area contributed by atoms with Crippen LogP contribution in [0.1, 0.15) is 59.2 Å². The van der Waals surface area contributed by atoms with E-state index >= 15 is 0 Å². The average molecular weight is 544 g/mol. The van der Waals surface area contributed by atoms with Crippen molar-refractivity contribution in [2.75, 3.05) is 5.32 Å². The van der Waals surface area contributed by atoms with Crippen LogP contribution >= 0.6 is 22.9 Å². The van der Waals surface area contributed by atoms with Crippen LogP contribution < -0.4 is 5.32 Å². The van der Waals surface area contributed by atoms with Gasteiger partial charge in [-0.05, 0) is 73.4 Å². The minimum Gasteiger partial charge on any atom is -0.340 e. The van der Waals surface area contributed by atoms with Gasteiger partial charge in [0.25, 0.3) is 5.91 Å². The van der Waals surface area contributed by atoms with Gasteiger partial charge in [0.1, 0.15) is 5.00 Å². The molecule has 0 bridgehead atoms. The van der Waals surface area contributed by atoms with Crippen molar-refractivity contribution in [3.63, 3.8) is 0 Å². The van der Waals surface area contributed by atoms with Crippen LogP contribution in [0.3, 0.4) is 0 Å². The third kappa shape index (κ3) is 5.10. The van der Waals surface area contributed by atoms with Crippen molar-refractivity contribution in [1.29, 1.82) is 0 Å². The first-order valence-electron chi connectivity index (χ1n) is 13.1.